The minimum absolute atomic E-state index is 0.0995. The highest BCUT2D eigenvalue weighted by Gasteiger charge is 2.12. The maximum absolute atomic E-state index is 11.9. The van der Waals surface area contributed by atoms with Crippen molar-refractivity contribution in [3.05, 3.63) is 50.1 Å². The van der Waals surface area contributed by atoms with Crippen LogP contribution in [0.3, 0.4) is 0 Å². The van der Waals surface area contributed by atoms with Crippen molar-refractivity contribution in [1.29, 1.82) is 0 Å². The highest BCUT2D eigenvalue weighted by atomic mass is 32.1. The maximum Gasteiger partial charge on any atom is 0.250 e. The second-order valence-corrected chi connectivity index (χ2v) is 6.03. The number of aromatic nitrogens is 2. The summed E-state index contributed by atoms with van der Waals surface area (Å²) in [5.74, 6) is 0. The van der Waals surface area contributed by atoms with Crippen molar-refractivity contribution in [2.24, 2.45) is 5.73 Å². The summed E-state index contributed by atoms with van der Waals surface area (Å²) in [7, 11) is 0. The Labute approximate surface area is 139 Å². The van der Waals surface area contributed by atoms with Crippen molar-refractivity contribution in [2.75, 3.05) is 11.9 Å². The number of aryl methyl sites for hydroxylation is 1. The number of rotatable bonds is 5. The average Bonchev–Trinajstić information content (AvgIpc) is 3.18. The molecule has 23 heavy (non-hydrogen) atoms. The largest absolute Gasteiger partial charge is 0.378 e. The van der Waals surface area contributed by atoms with E-state index in [1.54, 1.807) is 17.4 Å². The molecule has 3 aromatic rings. The molecule has 3 aromatic heterocycles. The molecule has 0 amide bonds. The quantitative estimate of drug-likeness (QED) is 0.578. The first-order valence-electron chi connectivity index (χ1n) is 7.90. The molecule has 3 rings (SSSR count). The lowest BCUT2D eigenvalue weighted by molar-refractivity contribution is 0.929. The summed E-state index contributed by atoms with van der Waals surface area (Å²) in [5, 5.41) is 5.39. The lowest BCUT2D eigenvalue weighted by Crippen LogP contribution is -2.08. The van der Waals surface area contributed by atoms with Crippen molar-refractivity contribution in [3.63, 3.8) is 0 Å². The van der Waals surface area contributed by atoms with Gasteiger partial charge in [0.25, 0.3) is 5.56 Å². The summed E-state index contributed by atoms with van der Waals surface area (Å²) < 4.78 is 0. The molecule has 3 heterocycles. The number of H-pyrrole nitrogens is 2. The summed E-state index contributed by atoms with van der Waals surface area (Å²) in [5.41, 5.74) is 10.3. The first-order valence-corrected chi connectivity index (χ1v) is 8.78. The molecular weight excluding hydrogens is 308 g/mol. The maximum atomic E-state index is 11.9. The highest BCUT2D eigenvalue weighted by molar-refractivity contribution is 7.09. The Hall–Kier alpha value is -2.05. The summed E-state index contributed by atoms with van der Waals surface area (Å²) in [6.45, 7) is 7.29. The molecule has 0 spiro atoms. The van der Waals surface area contributed by atoms with Gasteiger partial charge in [-0.05, 0) is 30.5 Å². The van der Waals surface area contributed by atoms with Crippen molar-refractivity contribution in [3.8, 4) is 0 Å². The number of hydrogen-bond acceptors (Lipinski definition) is 4. The molecule has 0 radical (unpaired) electrons. The Kier molecular flexibility index (Phi) is 6.01. The second-order valence-electron chi connectivity index (χ2n) is 5.00. The number of anilines is 1. The Bertz CT molecular complexity index is 802. The zero-order chi connectivity index (χ0) is 16.8. The minimum atomic E-state index is -0.0995. The third kappa shape index (κ3) is 3.83. The van der Waals surface area contributed by atoms with Crippen LogP contribution in [0.25, 0.3) is 11.0 Å². The summed E-state index contributed by atoms with van der Waals surface area (Å²) >= 11 is 1.69. The molecular formula is C17H24N4OS. The first kappa shape index (κ1) is 17.3. The Balaban J connectivity index is 0.000000924. The molecule has 124 valence electrons. The number of nitrogens with two attached hydrogens (primary N) is 1. The third-order valence-corrected chi connectivity index (χ3v) is 4.45. The molecule has 0 atom stereocenters. The summed E-state index contributed by atoms with van der Waals surface area (Å²) in [6, 6.07) is 5.69. The number of aromatic amines is 2. The number of nitrogens with one attached hydrogen (secondary N) is 3. The molecule has 0 aliphatic rings. The lowest BCUT2D eigenvalue weighted by Gasteiger charge is -2.06. The van der Waals surface area contributed by atoms with Gasteiger partial charge in [-0.25, -0.2) is 0 Å². The Morgan fingerprint density at radius 1 is 1.26 bits per heavy atom. The molecule has 0 saturated carbocycles. The van der Waals surface area contributed by atoms with Gasteiger partial charge in [0, 0.05) is 29.6 Å². The van der Waals surface area contributed by atoms with Crippen LogP contribution in [0.2, 0.25) is 0 Å². The van der Waals surface area contributed by atoms with E-state index in [9.17, 15) is 4.79 Å². The van der Waals surface area contributed by atoms with E-state index in [-0.39, 0.29) is 5.56 Å². The van der Waals surface area contributed by atoms with Gasteiger partial charge in [0.2, 0.25) is 0 Å². The standard InChI is InChI=1S/C15H18N4OS.C2H6/c1-9-11(4-5-16)18-15-12(7-13(20)19-14(9)15)17-8-10-3-2-6-21-10;1-2/h2-3,6-7,18H,4-5,8,16H2,1H3,(H2,17,19,20);1-2H3. The molecule has 0 aliphatic heterocycles. The molecule has 0 aliphatic carbocycles. The van der Waals surface area contributed by atoms with E-state index >= 15 is 0 Å². The molecule has 6 heteroatoms. The van der Waals surface area contributed by atoms with E-state index in [4.69, 9.17) is 5.73 Å². The van der Waals surface area contributed by atoms with Gasteiger partial charge in [-0.15, -0.1) is 11.3 Å². The van der Waals surface area contributed by atoms with Gasteiger partial charge in [-0.1, -0.05) is 19.9 Å². The number of hydrogen-bond donors (Lipinski definition) is 4. The van der Waals surface area contributed by atoms with Crippen LogP contribution in [0.4, 0.5) is 5.69 Å². The predicted octanol–water partition coefficient (Wildman–Crippen LogP) is 3.37. The smallest absolute Gasteiger partial charge is 0.250 e. The van der Waals surface area contributed by atoms with Gasteiger partial charge >= 0.3 is 0 Å². The van der Waals surface area contributed by atoms with Gasteiger partial charge in [0.15, 0.2) is 0 Å². The normalized spacial score (nSPS) is 10.4. The SMILES string of the molecule is CC.Cc1c(CCN)[nH]c2c(NCc3cccs3)cc(=O)[nH]c12. The monoisotopic (exact) mass is 332 g/mol. The van der Waals surface area contributed by atoms with Crippen molar-refractivity contribution in [1.82, 2.24) is 9.97 Å². The van der Waals surface area contributed by atoms with E-state index in [2.05, 4.69) is 21.4 Å². The summed E-state index contributed by atoms with van der Waals surface area (Å²) in [4.78, 5) is 19.4. The van der Waals surface area contributed by atoms with Crippen LogP contribution in [0.15, 0.2) is 28.4 Å². The van der Waals surface area contributed by atoms with Crippen molar-refractivity contribution in [2.45, 2.75) is 33.7 Å². The fourth-order valence-electron chi connectivity index (χ4n) is 2.50. The number of thiophene rings is 1. The zero-order valence-corrected chi connectivity index (χ0v) is 14.6. The molecule has 0 saturated heterocycles. The van der Waals surface area contributed by atoms with Gasteiger partial charge < -0.3 is 21.0 Å². The zero-order valence-electron chi connectivity index (χ0n) is 13.8. The molecule has 0 fully saturated rings. The van der Waals surface area contributed by atoms with Gasteiger partial charge in [-0.3, -0.25) is 4.79 Å². The van der Waals surface area contributed by atoms with Crippen molar-refractivity contribution >= 4 is 28.1 Å². The van der Waals surface area contributed by atoms with Crippen LogP contribution in [0, 0.1) is 6.92 Å². The van der Waals surface area contributed by atoms with Crippen molar-refractivity contribution < 1.29 is 0 Å². The van der Waals surface area contributed by atoms with Crippen LogP contribution in [0.1, 0.15) is 30.0 Å². The average molecular weight is 332 g/mol. The predicted molar refractivity (Wildman–Crippen MR) is 99.4 cm³/mol. The molecule has 0 bridgehead atoms. The van der Waals surface area contributed by atoms with Crippen LogP contribution < -0.4 is 16.6 Å². The Morgan fingerprint density at radius 3 is 2.70 bits per heavy atom. The molecule has 0 aromatic carbocycles. The van der Waals surface area contributed by atoms with Gasteiger partial charge in [0.1, 0.15) is 0 Å². The van der Waals surface area contributed by atoms with E-state index in [1.807, 2.05) is 32.2 Å². The van der Waals surface area contributed by atoms with E-state index in [0.29, 0.717) is 13.1 Å². The molecule has 0 unspecified atom stereocenters. The van der Waals surface area contributed by atoms with E-state index < -0.39 is 0 Å². The molecule has 5 N–H and O–H groups in total. The lowest BCUT2D eigenvalue weighted by atomic mass is 10.2. The first-order chi connectivity index (χ1) is 11.2. The minimum Gasteiger partial charge on any atom is -0.378 e. The number of fused-ring (bicyclic) bond motifs is 1. The number of pyridine rings is 1. The summed E-state index contributed by atoms with van der Waals surface area (Å²) in [6.07, 6.45) is 0.771. The molecule has 5 nitrogen and oxygen atoms in total. The van der Waals surface area contributed by atoms with E-state index in [1.165, 1.54) is 4.88 Å². The van der Waals surface area contributed by atoms with Gasteiger partial charge in [0.05, 0.1) is 16.7 Å². The van der Waals surface area contributed by atoms with Crippen LogP contribution in [-0.2, 0) is 13.0 Å². The fraction of sp³-hybridized carbons (Fsp3) is 0.353. The topological polar surface area (TPSA) is 86.7 Å². The fourth-order valence-corrected chi connectivity index (χ4v) is 3.14. The highest BCUT2D eigenvalue weighted by Crippen LogP contribution is 2.25. The van der Waals surface area contributed by atoms with Crippen LogP contribution in [0.5, 0.6) is 0 Å². The van der Waals surface area contributed by atoms with E-state index in [0.717, 1.165) is 34.4 Å². The third-order valence-electron chi connectivity index (χ3n) is 3.57. The Morgan fingerprint density at radius 2 is 2.04 bits per heavy atom. The van der Waals surface area contributed by atoms with Gasteiger partial charge in [-0.2, -0.15) is 0 Å². The second kappa shape index (κ2) is 7.99. The van der Waals surface area contributed by atoms with Crippen LogP contribution >= 0.6 is 11.3 Å². The van der Waals surface area contributed by atoms with Crippen LogP contribution in [-0.4, -0.2) is 16.5 Å².